The zero-order valence-electron chi connectivity index (χ0n) is 12.6. The van der Waals surface area contributed by atoms with Gasteiger partial charge in [0.25, 0.3) is 5.91 Å². The minimum Gasteiger partial charge on any atom is -0.369 e. The quantitative estimate of drug-likeness (QED) is 0.786. The van der Waals surface area contributed by atoms with Crippen molar-refractivity contribution < 1.29 is 9.59 Å². The number of primary amides is 1. The monoisotopic (exact) mass is 348 g/mol. The molecular weight excluding hydrogens is 332 g/mol. The van der Waals surface area contributed by atoms with Crippen LogP contribution < -0.4 is 11.1 Å². The highest BCUT2D eigenvalue weighted by Gasteiger charge is 2.15. The zero-order valence-corrected chi connectivity index (χ0v) is 14.2. The second-order valence-corrected chi connectivity index (χ2v) is 6.45. The molecule has 2 aromatic rings. The highest BCUT2D eigenvalue weighted by atomic mass is 35.5. The summed E-state index contributed by atoms with van der Waals surface area (Å²) in [6.45, 7) is 1.89. The number of nitrogens with two attached hydrogens (primary N) is 1. The van der Waals surface area contributed by atoms with E-state index in [1.807, 2.05) is 31.2 Å². The molecule has 0 saturated heterocycles. The Labute approximate surface area is 144 Å². The van der Waals surface area contributed by atoms with E-state index in [0.29, 0.717) is 10.6 Å². The molecule has 2 rings (SSSR count). The maximum absolute atomic E-state index is 12.5. The molecule has 0 aliphatic carbocycles. The van der Waals surface area contributed by atoms with Crippen molar-refractivity contribution in [1.82, 2.24) is 5.32 Å². The number of hydrogen-bond acceptors (Lipinski definition) is 3. The highest BCUT2D eigenvalue weighted by molar-refractivity contribution is 8.00. The van der Waals surface area contributed by atoms with Crippen LogP contribution in [0.15, 0.2) is 53.4 Å². The number of thioether (sulfide) groups is 1. The van der Waals surface area contributed by atoms with Crippen LogP contribution in [0.3, 0.4) is 0 Å². The molecule has 0 fully saturated rings. The van der Waals surface area contributed by atoms with E-state index in [0.717, 1.165) is 10.5 Å². The molecule has 0 aromatic heterocycles. The third kappa shape index (κ3) is 5.01. The minimum atomic E-state index is -0.419. The van der Waals surface area contributed by atoms with Gasteiger partial charge in [-0.15, -0.1) is 11.8 Å². The number of halogens is 1. The van der Waals surface area contributed by atoms with Crippen molar-refractivity contribution in [2.75, 3.05) is 5.75 Å². The lowest BCUT2D eigenvalue weighted by Gasteiger charge is -2.16. The molecule has 0 aliphatic rings. The molecule has 3 N–H and O–H groups in total. The van der Waals surface area contributed by atoms with Crippen LogP contribution in [0, 0.1) is 0 Å². The van der Waals surface area contributed by atoms with Crippen LogP contribution in [0.1, 0.15) is 28.9 Å². The molecule has 2 amide bonds. The van der Waals surface area contributed by atoms with Gasteiger partial charge in [-0.25, -0.2) is 0 Å². The fraction of sp³-hybridized carbons (Fsp3) is 0.176. The van der Waals surface area contributed by atoms with Gasteiger partial charge in [0.15, 0.2) is 0 Å². The first-order valence-corrected chi connectivity index (χ1v) is 8.40. The predicted octanol–water partition coefficient (Wildman–Crippen LogP) is 3.41. The summed E-state index contributed by atoms with van der Waals surface area (Å²) in [7, 11) is 0. The third-order valence-corrected chi connectivity index (χ3v) is 4.53. The highest BCUT2D eigenvalue weighted by Crippen LogP contribution is 2.23. The van der Waals surface area contributed by atoms with Crippen molar-refractivity contribution >= 4 is 35.2 Å². The van der Waals surface area contributed by atoms with E-state index >= 15 is 0 Å². The maximum Gasteiger partial charge on any atom is 0.252 e. The molecule has 0 bridgehead atoms. The van der Waals surface area contributed by atoms with Crippen LogP contribution in [0.5, 0.6) is 0 Å². The fourth-order valence-corrected chi connectivity index (χ4v) is 3.05. The van der Waals surface area contributed by atoms with E-state index in [4.69, 9.17) is 17.3 Å². The molecule has 0 radical (unpaired) electrons. The predicted molar refractivity (Wildman–Crippen MR) is 93.7 cm³/mol. The van der Waals surface area contributed by atoms with Crippen molar-refractivity contribution in [3.8, 4) is 0 Å². The van der Waals surface area contributed by atoms with Crippen molar-refractivity contribution in [2.24, 2.45) is 5.73 Å². The fourth-order valence-electron chi connectivity index (χ4n) is 2.06. The molecule has 2 aromatic carbocycles. The number of amides is 2. The van der Waals surface area contributed by atoms with Crippen LogP contribution in [0.2, 0.25) is 5.02 Å². The molecule has 120 valence electrons. The zero-order chi connectivity index (χ0) is 16.8. The summed E-state index contributed by atoms with van der Waals surface area (Å²) in [4.78, 5) is 24.2. The average Bonchev–Trinajstić information content (AvgIpc) is 2.53. The first kappa shape index (κ1) is 17.4. The lowest BCUT2D eigenvalue weighted by Crippen LogP contribution is -2.27. The molecule has 6 heteroatoms. The standard InChI is InChI=1S/C17H17ClN2O2S/c1-11(12-5-4-6-13(18)9-12)20-17(22)14-7-2-3-8-15(14)23-10-16(19)21/h2-9,11H,10H2,1H3,(H2,19,21)(H,20,22)/t11-/m0/s1. The summed E-state index contributed by atoms with van der Waals surface area (Å²) in [5, 5.41) is 3.57. The van der Waals surface area contributed by atoms with Crippen LogP contribution in [-0.2, 0) is 4.79 Å². The Kier molecular flexibility index (Phi) is 6.07. The van der Waals surface area contributed by atoms with Crippen molar-refractivity contribution in [3.63, 3.8) is 0 Å². The lowest BCUT2D eigenvalue weighted by atomic mass is 10.1. The molecule has 23 heavy (non-hydrogen) atoms. The second-order valence-electron chi connectivity index (χ2n) is 5.00. The number of carbonyl (C=O) groups excluding carboxylic acids is 2. The first-order valence-electron chi connectivity index (χ1n) is 7.04. The number of benzene rings is 2. The minimum absolute atomic E-state index is 0.133. The lowest BCUT2D eigenvalue weighted by molar-refractivity contribution is -0.115. The number of carbonyl (C=O) groups is 2. The Balaban J connectivity index is 2.12. The first-order chi connectivity index (χ1) is 11.0. The van der Waals surface area contributed by atoms with Gasteiger partial charge in [0, 0.05) is 9.92 Å². The summed E-state index contributed by atoms with van der Waals surface area (Å²) in [5.74, 6) is -0.490. The molecule has 0 aliphatic heterocycles. The Morgan fingerprint density at radius 2 is 1.96 bits per heavy atom. The second kappa shape index (κ2) is 8.04. The van der Waals surface area contributed by atoms with Gasteiger partial charge in [-0.2, -0.15) is 0 Å². The number of hydrogen-bond donors (Lipinski definition) is 2. The smallest absolute Gasteiger partial charge is 0.252 e. The van der Waals surface area contributed by atoms with E-state index in [-0.39, 0.29) is 17.7 Å². The molecule has 4 nitrogen and oxygen atoms in total. The van der Waals surface area contributed by atoms with Crippen LogP contribution in [0.25, 0.3) is 0 Å². The summed E-state index contributed by atoms with van der Waals surface area (Å²) < 4.78 is 0. The Morgan fingerprint density at radius 1 is 1.22 bits per heavy atom. The van der Waals surface area contributed by atoms with E-state index in [2.05, 4.69) is 5.32 Å². The normalized spacial score (nSPS) is 11.7. The van der Waals surface area contributed by atoms with Gasteiger partial charge in [-0.1, -0.05) is 35.9 Å². The topological polar surface area (TPSA) is 72.2 Å². The average molecular weight is 349 g/mol. The molecule has 0 spiro atoms. The SMILES string of the molecule is C[C@H](NC(=O)c1ccccc1SCC(N)=O)c1cccc(Cl)c1. The Morgan fingerprint density at radius 3 is 2.65 bits per heavy atom. The van der Waals surface area contributed by atoms with Crippen molar-refractivity contribution in [3.05, 3.63) is 64.7 Å². The Bertz CT molecular complexity index is 721. The van der Waals surface area contributed by atoms with E-state index in [9.17, 15) is 9.59 Å². The van der Waals surface area contributed by atoms with Gasteiger partial charge >= 0.3 is 0 Å². The molecule has 1 atom stereocenters. The molecule has 0 saturated carbocycles. The van der Waals surface area contributed by atoms with Crippen molar-refractivity contribution in [2.45, 2.75) is 17.9 Å². The van der Waals surface area contributed by atoms with Gasteiger partial charge in [-0.3, -0.25) is 9.59 Å². The number of nitrogens with one attached hydrogen (secondary N) is 1. The van der Waals surface area contributed by atoms with E-state index < -0.39 is 5.91 Å². The summed E-state index contributed by atoms with van der Waals surface area (Å²) in [6, 6.07) is 14.3. The largest absolute Gasteiger partial charge is 0.369 e. The molecule has 0 unspecified atom stereocenters. The van der Waals surface area contributed by atoms with Gasteiger partial charge in [0.1, 0.15) is 0 Å². The van der Waals surface area contributed by atoms with Gasteiger partial charge in [0.05, 0.1) is 17.4 Å². The summed E-state index contributed by atoms with van der Waals surface area (Å²) in [6.07, 6.45) is 0. The summed E-state index contributed by atoms with van der Waals surface area (Å²) >= 11 is 7.23. The van der Waals surface area contributed by atoms with Crippen molar-refractivity contribution in [1.29, 1.82) is 0 Å². The molecular formula is C17H17ClN2O2S. The molecule has 0 heterocycles. The van der Waals surface area contributed by atoms with Crippen LogP contribution in [0.4, 0.5) is 0 Å². The van der Waals surface area contributed by atoms with Crippen LogP contribution >= 0.6 is 23.4 Å². The van der Waals surface area contributed by atoms with E-state index in [1.54, 1.807) is 24.3 Å². The number of rotatable bonds is 6. The maximum atomic E-state index is 12.5. The van der Waals surface area contributed by atoms with Gasteiger partial charge < -0.3 is 11.1 Å². The summed E-state index contributed by atoms with van der Waals surface area (Å²) in [5.41, 5.74) is 6.61. The Hall–Kier alpha value is -1.98. The van der Waals surface area contributed by atoms with Crippen LogP contribution in [-0.4, -0.2) is 17.6 Å². The van der Waals surface area contributed by atoms with Gasteiger partial charge in [0.2, 0.25) is 5.91 Å². The van der Waals surface area contributed by atoms with Gasteiger partial charge in [-0.05, 0) is 36.8 Å². The van der Waals surface area contributed by atoms with E-state index in [1.165, 1.54) is 11.8 Å². The third-order valence-electron chi connectivity index (χ3n) is 3.20.